The Morgan fingerprint density at radius 2 is 2.21 bits per heavy atom. The SMILES string of the molecule is CCC1CCN(Cc2ccc(C)cc2Cl)C(CN)C1. The third-order valence-electron chi connectivity index (χ3n) is 4.38. The van der Waals surface area contributed by atoms with Crippen molar-refractivity contribution in [3.63, 3.8) is 0 Å². The molecule has 2 unspecified atom stereocenters. The van der Waals surface area contributed by atoms with E-state index in [2.05, 4.69) is 30.9 Å². The first-order chi connectivity index (χ1) is 9.13. The monoisotopic (exact) mass is 280 g/mol. The molecule has 2 atom stereocenters. The second-order valence-corrected chi connectivity index (χ2v) is 6.16. The Morgan fingerprint density at radius 1 is 1.42 bits per heavy atom. The van der Waals surface area contributed by atoms with Gasteiger partial charge in [0, 0.05) is 24.2 Å². The molecular formula is C16H25ClN2. The number of halogens is 1. The predicted molar refractivity (Wildman–Crippen MR) is 82.5 cm³/mol. The molecule has 2 N–H and O–H groups in total. The molecule has 0 aromatic heterocycles. The van der Waals surface area contributed by atoms with Crippen LogP contribution in [0, 0.1) is 12.8 Å². The van der Waals surface area contributed by atoms with Crippen LogP contribution in [0.4, 0.5) is 0 Å². The first-order valence-corrected chi connectivity index (χ1v) is 7.71. The Bertz CT molecular complexity index is 419. The molecule has 1 heterocycles. The molecule has 0 amide bonds. The summed E-state index contributed by atoms with van der Waals surface area (Å²) in [6.45, 7) is 7.18. The van der Waals surface area contributed by atoms with E-state index in [1.807, 2.05) is 6.07 Å². The fourth-order valence-corrected chi connectivity index (χ4v) is 3.30. The second-order valence-electron chi connectivity index (χ2n) is 5.75. The van der Waals surface area contributed by atoms with Gasteiger partial charge < -0.3 is 5.73 Å². The van der Waals surface area contributed by atoms with Crippen molar-refractivity contribution in [2.75, 3.05) is 13.1 Å². The van der Waals surface area contributed by atoms with Crippen LogP contribution >= 0.6 is 11.6 Å². The van der Waals surface area contributed by atoms with Crippen molar-refractivity contribution in [3.8, 4) is 0 Å². The zero-order valence-electron chi connectivity index (χ0n) is 12.0. The van der Waals surface area contributed by atoms with Gasteiger partial charge in [-0.15, -0.1) is 0 Å². The van der Waals surface area contributed by atoms with E-state index in [0.29, 0.717) is 6.04 Å². The van der Waals surface area contributed by atoms with E-state index >= 15 is 0 Å². The Kier molecular flexibility index (Phi) is 5.26. The molecule has 0 bridgehead atoms. The summed E-state index contributed by atoms with van der Waals surface area (Å²) in [6.07, 6.45) is 3.79. The normalized spacial score (nSPS) is 24.6. The van der Waals surface area contributed by atoms with Crippen molar-refractivity contribution in [1.82, 2.24) is 4.90 Å². The van der Waals surface area contributed by atoms with E-state index < -0.39 is 0 Å². The number of rotatable bonds is 4. The number of likely N-dealkylation sites (tertiary alicyclic amines) is 1. The molecule has 1 aromatic rings. The fourth-order valence-electron chi connectivity index (χ4n) is 3.01. The van der Waals surface area contributed by atoms with Gasteiger partial charge in [-0.3, -0.25) is 4.90 Å². The lowest BCUT2D eigenvalue weighted by Crippen LogP contribution is -2.46. The lowest BCUT2D eigenvalue weighted by Gasteiger charge is -2.39. The highest BCUT2D eigenvalue weighted by Crippen LogP contribution is 2.28. The van der Waals surface area contributed by atoms with E-state index in [1.54, 1.807) is 0 Å². The first-order valence-electron chi connectivity index (χ1n) is 7.33. The maximum absolute atomic E-state index is 6.34. The van der Waals surface area contributed by atoms with Gasteiger partial charge in [0.2, 0.25) is 0 Å². The van der Waals surface area contributed by atoms with Crippen LogP contribution in [0.5, 0.6) is 0 Å². The molecule has 0 spiro atoms. The molecule has 1 fully saturated rings. The number of piperidine rings is 1. The van der Waals surface area contributed by atoms with E-state index in [-0.39, 0.29) is 0 Å². The Hall–Kier alpha value is -0.570. The summed E-state index contributed by atoms with van der Waals surface area (Å²) in [6, 6.07) is 6.85. The molecular weight excluding hydrogens is 256 g/mol. The molecule has 0 saturated carbocycles. The average Bonchev–Trinajstić information content (AvgIpc) is 2.42. The summed E-state index contributed by atoms with van der Waals surface area (Å²) < 4.78 is 0. The minimum absolute atomic E-state index is 0.510. The van der Waals surface area contributed by atoms with Gasteiger partial charge >= 0.3 is 0 Å². The van der Waals surface area contributed by atoms with Crippen LogP contribution < -0.4 is 5.73 Å². The topological polar surface area (TPSA) is 29.3 Å². The average molecular weight is 281 g/mol. The summed E-state index contributed by atoms with van der Waals surface area (Å²) in [5, 5.41) is 0.883. The van der Waals surface area contributed by atoms with E-state index in [1.165, 1.54) is 30.4 Å². The molecule has 0 aliphatic carbocycles. The maximum Gasteiger partial charge on any atom is 0.0453 e. The Morgan fingerprint density at radius 3 is 2.84 bits per heavy atom. The lowest BCUT2D eigenvalue weighted by molar-refractivity contribution is 0.107. The molecule has 1 aliphatic rings. The summed E-state index contributed by atoms with van der Waals surface area (Å²) in [4.78, 5) is 2.50. The molecule has 106 valence electrons. The summed E-state index contributed by atoms with van der Waals surface area (Å²) >= 11 is 6.34. The van der Waals surface area contributed by atoms with Crippen LogP contribution in [0.25, 0.3) is 0 Å². The number of hydrogen-bond acceptors (Lipinski definition) is 2. The van der Waals surface area contributed by atoms with Crippen molar-refractivity contribution in [1.29, 1.82) is 0 Å². The van der Waals surface area contributed by atoms with Crippen molar-refractivity contribution < 1.29 is 0 Å². The molecule has 0 radical (unpaired) electrons. The van der Waals surface area contributed by atoms with Gasteiger partial charge in [0.15, 0.2) is 0 Å². The van der Waals surface area contributed by atoms with Gasteiger partial charge in [-0.05, 0) is 49.4 Å². The molecule has 1 aromatic carbocycles. The van der Waals surface area contributed by atoms with Gasteiger partial charge in [0.25, 0.3) is 0 Å². The Balaban J connectivity index is 2.05. The zero-order valence-corrected chi connectivity index (χ0v) is 12.8. The van der Waals surface area contributed by atoms with Gasteiger partial charge in [0.1, 0.15) is 0 Å². The van der Waals surface area contributed by atoms with Crippen LogP contribution in [-0.2, 0) is 6.54 Å². The molecule has 2 nitrogen and oxygen atoms in total. The quantitative estimate of drug-likeness (QED) is 0.913. The zero-order chi connectivity index (χ0) is 13.8. The highest BCUT2D eigenvalue weighted by molar-refractivity contribution is 6.31. The maximum atomic E-state index is 6.34. The minimum atomic E-state index is 0.510. The van der Waals surface area contributed by atoms with Crippen LogP contribution in [0.2, 0.25) is 5.02 Å². The second kappa shape index (κ2) is 6.74. The number of aryl methyl sites for hydroxylation is 1. The smallest absolute Gasteiger partial charge is 0.0453 e. The summed E-state index contributed by atoms with van der Waals surface area (Å²) in [5.74, 6) is 0.846. The van der Waals surface area contributed by atoms with E-state index in [0.717, 1.165) is 30.6 Å². The summed E-state index contributed by atoms with van der Waals surface area (Å²) in [5.41, 5.74) is 8.39. The molecule has 1 aliphatic heterocycles. The largest absolute Gasteiger partial charge is 0.329 e. The highest BCUT2D eigenvalue weighted by Gasteiger charge is 2.26. The number of benzene rings is 1. The van der Waals surface area contributed by atoms with Gasteiger partial charge in [0.05, 0.1) is 0 Å². The number of hydrogen-bond donors (Lipinski definition) is 1. The van der Waals surface area contributed by atoms with Crippen LogP contribution in [0.3, 0.4) is 0 Å². The van der Waals surface area contributed by atoms with Crippen molar-refractivity contribution in [2.45, 2.75) is 45.7 Å². The minimum Gasteiger partial charge on any atom is -0.329 e. The van der Waals surface area contributed by atoms with Crippen molar-refractivity contribution in [2.24, 2.45) is 11.7 Å². The van der Waals surface area contributed by atoms with Crippen LogP contribution in [0.15, 0.2) is 18.2 Å². The van der Waals surface area contributed by atoms with Crippen molar-refractivity contribution >= 4 is 11.6 Å². The third-order valence-corrected chi connectivity index (χ3v) is 4.73. The molecule has 1 saturated heterocycles. The van der Waals surface area contributed by atoms with Gasteiger partial charge in [-0.2, -0.15) is 0 Å². The highest BCUT2D eigenvalue weighted by atomic mass is 35.5. The first kappa shape index (κ1) is 14.8. The lowest BCUT2D eigenvalue weighted by atomic mass is 9.88. The Labute approximate surface area is 121 Å². The predicted octanol–water partition coefficient (Wildman–Crippen LogP) is 3.60. The third kappa shape index (κ3) is 3.71. The fraction of sp³-hybridized carbons (Fsp3) is 0.625. The van der Waals surface area contributed by atoms with Gasteiger partial charge in [-0.25, -0.2) is 0 Å². The molecule has 2 rings (SSSR count). The molecule has 19 heavy (non-hydrogen) atoms. The molecule has 3 heteroatoms. The van der Waals surface area contributed by atoms with Crippen LogP contribution in [-0.4, -0.2) is 24.0 Å². The van der Waals surface area contributed by atoms with E-state index in [9.17, 15) is 0 Å². The van der Waals surface area contributed by atoms with E-state index in [4.69, 9.17) is 17.3 Å². The summed E-state index contributed by atoms with van der Waals surface area (Å²) in [7, 11) is 0. The number of nitrogens with two attached hydrogens (primary N) is 1. The van der Waals surface area contributed by atoms with Crippen molar-refractivity contribution in [3.05, 3.63) is 34.3 Å². The number of nitrogens with zero attached hydrogens (tertiary/aromatic N) is 1. The van der Waals surface area contributed by atoms with Gasteiger partial charge in [-0.1, -0.05) is 37.1 Å². The standard InChI is InChI=1S/C16H25ClN2/c1-3-13-6-7-19(15(9-13)10-18)11-14-5-4-12(2)8-16(14)17/h4-5,8,13,15H,3,6-7,9-11,18H2,1-2H3. The van der Waals surface area contributed by atoms with Crippen LogP contribution in [0.1, 0.15) is 37.3 Å².